The number of nitrogens with zero attached hydrogens (tertiary/aromatic N) is 2. The van der Waals surface area contributed by atoms with E-state index in [2.05, 4.69) is 28.6 Å². The van der Waals surface area contributed by atoms with Gasteiger partial charge in [0.05, 0.1) is 10.8 Å². The monoisotopic (exact) mass is 244 g/mol. The largest absolute Gasteiger partial charge is 0.158 e. The SMILES string of the molecule is CCc1ccsc1-c1nnc(CCl)s1. The Morgan fingerprint density at radius 2 is 2.29 bits per heavy atom. The molecule has 0 aliphatic carbocycles. The Kier molecular flexibility index (Phi) is 3.15. The molecule has 0 aromatic carbocycles. The first-order valence-corrected chi connectivity index (χ1v) is 6.53. The van der Waals surface area contributed by atoms with Gasteiger partial charge in [-0.2, -0.15) is 0 Å². The number of alkyl halides is 1. The molecule has 0 saturated carbocycles. The maximum atomic E-state index is 5.69. The topological polar surface area (TPSA) is 25.8 Å². The molecule has 0 radical (unpaired) electrons. The zero-order chi connectivity index (χ0) is 9.97. The van der Waals surface area contributed by atoms with Gasteiger partial charge in [-0.15, -0.1) is 33.1 Å². The van der Waals surface area contributed by atoms with Gasteiger partial charge in [-0.1, -0.05) is 18.3 Å². The summed E-state index contributed by atoms with van der Waals surface area (Å²) >= 11 is 8.98. The molecule has 0 aliphatic rings. The van der Waals surface area contributed by atoms with Gasteiger partial charge in [-0.25, -0.2) is 0 Å². The van der Waals surface area contributed by atoms with Crippen LogP contribution in [0.2, 0.25) is 0 Å². The van der Waals surface area contributed by atoms with Gasteiger partial charge < -0.3 is 0 Å². The normalized spacial score (nSPS) is 10.7. The number of aryl methyl sites for hydroxylation is 1. The van der Waals surface area contributed by atoms with Gasteiger partial charge in [0, 0.05) is 0 Å². The van der Waals surface area contributed by atoms with Crippen LogP contribution >= 0.6 is 34.3 Å². The summed E-state index contributed by atoms with van der Waals surface area (Å²) in [5.74, 6) is 0.449. The molecule has 2 nitrogen and oxygen atoms in total. The van der Waals surface area contributed by atoms with Crippen molar-refractivity contribution in [1.82, 2.24) is 10.2 Å². The number of hydrogen-bond acceptors (Lipinski definition) is 4. The second-order valence-electron chi connectivity index (χ2n) is 2.76. The summed E-state index contributed by atoms with van der Waals surface area (Å²) in [6, 6.07) is 2.14. The molecule has 2 aromatic rings. The number of halogens is 1. The van der Waals surface area contributed by atoms with Crippen molar-refractivity contribution >= 4 is 34.3 Å². The van der Waals surface area contributed by atoms with Gasteiger partial charge in [-0.3, -0.25) is 0 Å². The Morgan fingerprint density at radius 1 is 1.43 bits per heavy atom. The van der Waals surface area contributed by atoms with Crippen molar-refractivity contribution in [3.63, 3.8) is 0 Å². The van der Waals surface area contributed by atoms with Crippen LogP contribution in [0.1, 0.15) is 17.5 Å². The van der Waals surface area contributed by atoms with Crippen LogP contribution in [0, 0.1) is 0 Å². The minimum absolute atomic E-state index is 0.449. The summed E-state index contributed by atoms with van der Waals surface area (Å²) in [5.41, 5.74) is 1.34. The molecule has 5 heteroatoms. The van der Waals surface area contributed by atoms with Crippen LogP contribution < -0.4 is 0 Å². The minimum atomic E-state index is 0.449. The van der Waals surface area contributed by atoms with E-state index in [1.807, 2.05) is 0 Å². The van der Waals surface area contributed by atoms with Crippen LogP contribution in [0.25, 0.3) is 9.88 Å². The molecule has 0 bridgehead atoms. The third kappa shape index (κ3) is 1.82. The molecule has 0 fully saturated rings. The first-order valence-electron chi connectivity index (χ1n) is 4.30. The highest BCUT2D eigenvalue weighted by Crippen LogP contribution is 2.32. The number of hydrogen-bond donors (Lipinski definition) is 0. The highest BCUT2D eigenvalue weighted by molar-refractivity contribution is 7.21. The lowest BCUT2D eigenvalue weighted by Crippen LogP contribution is -1.79. The van der Waals surface area contributed by atoms with E-state index in [1.165, 1.54) is 10.4 Å². The van der Waals surface area contributed by atoms with E-state index >= 15 is 0 Å². The van der Waals surface area contributed by atoms with Crippen molar-refractivity contribution in [3.05, 3.63) is 22.0 Å². The lowest BCUT2D eigenvalue weighted by Gasteiger charge is -1.93. The van der Waals surface area contributed by atoms with Gasteiger partial charge in [-0.05, 0) is 23.4 Å². The lowest BCUT2D eigenvalue weighted by molar-refractivity contribution is 1.04. The fourth-order valence-corrected chi connectivity index (χ4v) is 3.23. The maximum Gasteiger partial charge on any atom is 0.158 e. The van der Waals surface area contributed by atoms with Gasteiger partial charge in [0.15, 0.2) is 5.01 Å². The fourth-order valence-electron chi connectivity index (χ4n) is 1.20. The number of rotatable bonds is 3. The van der Waals surface area contributed by atoms with E-state index in [1.54, 1.807) is 22.7 Å². The molecular weight excluding hydrogens is 236 g/mol. The third-order valence-electron chi connectivity index (χ3n) is 1.90. The van der Waals surface area contributed by atoms with E-state index in [-0.39, 0.29) is 0 Å². The van der Waals surface area contributed by atoms with E-state index in [0.717, 1.165) is 16.4 Å². The molecule has 2 aromatic heterocycles. The lowest BCUT2D eigenvalue weighted by atomic mass is 10.2. The quantitative estimate of drug-likeness (QED) is 0.772. The molecule has 74 valence electrons. The molecular formula is C9H9ClN2S2. The Hall–Kier alpha value is -0.450. The summed E-state index contributed by atoms with van der Waals surface area (Å²) in [4.78, 5) is 1.24. The molecule has 0 aliphatic heterocycles. The van der Waals surface area contributed by atoms with Crippen LogP contribution in [0.15, 0.2) is 11.4 Å². The zero-order valence-electron chi connectivity index (χ0n) is 7.66. The summed E-state index contributed by atoms with van der Waals surface area (Å²) < 4.78 is 0. The number of aromatic nitrogens is 2. The summed E-state index contributed by atoms with van der Waals surface area (Å²) in [5, 5.41) is 12.1. The molecule has 14 heavy (non-hydrogen) atoms. The fraction of sp³-hybridized carbons (Fsp3) is 0.333. The summed E-state index contributed by atoms with van der Waals surface area (Å²) in [6.07, 6.45) is 1.04. The second kappa shape index (κ2) is 4.38. The van der Waals surface area contributed by atoms with E-state index in [4.69, 9.17) is 11.6 Å². The minimum Gasteiger partial charge on any atom is -0.142 e. The van der Waals surface area contributed by atoms with Crippen molar-refractivity contribution < 1.29 is 0 Å². The Labute approximate surface area is 95.6 Å². The van der Waals surface area contributed by atoms with Crippen molar-refractivity contribution in [2.24, 2.45) is 0 Å². The second-order valence-corrected chi connectivity index (χ2v) is 5.01. The molecule has 0 saturated heterocycles. The van der Waals surface area contributed by atoms with Crippen molar-refractivity contribution in [2.75, 3.05) is 0 Å². The van der Waals surface area contributed by atoms with Crippen LogP contribution in [0.5, 0.6) is 0 Å². The van der Waals surface area contributed by atoms with E-state index < -0.39 is 0 Å². The maximum absolute atomic E-state index is 5.69. The molecule has 0 unspecified atom stereocenters. The smallest absolute Gasteiger partial charge is 0.142 e. The van der Waals surface area contributed by atoms with Crippen molar-refractivity contribution in [2.45, 2.75) is 19.2 Å². The average molecular weight is 245 g/mol. The third-order valence-corrected chi connectivity index (χ3v) is 4.35. The van der Waals surface area contributed by atoms with Crippen LogP contribution in [0.3, 0.4) is 0 Å². The summed E-state index contributed by atoms with van der Waals surface area (Å²) in [7, 11) is 0. The standard InChI is InChI=1S/C9H9ClN2S2/c1-2-6-3-4-13-8(6)9-12-11-7(5-10)14-9/h3-4H,2,5H2,1H3. The van der Waals surface area contributed by atoms with E-state index in [9.17, 15) is 0 Å². The average Bonchev–Trinajstić information content (AvgIpc) is 2.85. The number of thiophene rings is 1. The van der Waals surface area contributed by atoms with Gasteiger partial charge in [0.25, 0.3) is 0 Å². The Bertz CT molecular complexity index is 422. The van der Waals surface area contributed by atoms with Gasteiger partial charge in [0.2, 0.25) is 0 Å². The molecule has 2 rings (SSSR count). The predicted octanol–water partition coefficient (Wildman–Crippen LogP) is 3.57. The first-order chi connectivity index (χ1) is 6.85. The Balaban J connectivity index is 2.38. The highest BCUT2D eigenvalue weighted by atomic mass is 35.5. The molecule has 0 amide bonds. The first kappa shape index (κ1) is 10.1. The Morgan fingerprint density at radius 3 is 2.93 bits per heavy atom. The van der Waals surface area contributed by atoms with Gasteiger partial charge in [0.1, 0.15) is 5.01 Å². The van der Waals surface area contributed by atoms with Crippen LogP contribution in [-0.4, -0.2) is 10.2 Å². The van der Waals surface area contributed by atoms with E-state index in [0.29, 0.717) is 5.88 Å². The predicted molar refractivity (Wildman–Crippen MR) is 62.2 cm³/mol. The molecule has 0 spiro atoms. The van der Waals surface area contributed by atoms with Crippen molar-refractivity contribution in [1.29, 1.82) is 0 Å². The zero-order valence-corrected chi connectivity index (χ0v) is 10.0. The summed E-state index contributed by atoms with van der Waals surface area (Å²) in [6.45, 7) is 2.15. The van der Waals surface area contributed by atoms with Crippen LogP contribution in [0.4, 0.5) is 0 Å². The molecule has 0 atom stereocenters. The van der Waals surface area contributed by atoms with Crippen LogP contribution in [-0.2, 0) is 12.3 Å². The van der Waals surface area contributed by atoms with Gasteiger partial charge >= 0.3 is 0 Å². The van der Waals surface area contributed by atoms with Crippen molar-refractivity contribution in [3.8, 4) is 9.88 Å². The highest BCUT2D eigenvalue weighted by Gasteiger charge is 2.10. The molecule has 0 N–H and O–H groups in total. The molecule has 2 heterocycles.